The van der Waals surface area contributed by atoms with E-state index in [2.05, 4.69) is 10.5 Å². The molecule has 2 rings (SSSR count). The Bertz CT molecular complexity index is 893. The summed E-state index contributed by atoms with van der Waals surface area (Å²) >= 11 is 5.87. The first-order chi connectivity index (χ1) is 13.2. The maximum absolute atomic E-state index is 12.0. The molecule has 0 fully saturated rings. The molecule has 28 heavy (non-hydrogen) atoms. The van der Waals surface area contributed by atoms with Gasteiger partial charge in [-0.1, -0.05) is 55.7 Å². The minimum absolute atomic E-state index is 0.0845. The van der Waals surface area contributed by atoms with Crippen LogP contribution in [-0.2, 0) is 4.84 Å². The molecular formula is C19H20ClN3O5. The second-order valence-corrected chi connectivity index (χ2v) is 7.25. The molecule has 1 amide bonds. The standard InChI is InChI=1S/C19H20ClN3O5/c1-19(2,3)17(12-27-16-10-5-4-9-15(16)23(25)26)22-28-18(24)21-14-8-6-7-13(20)11-14/h4-11H,12H2,1-3H3,(H,21,24). The number of rotatable bonds is 6. The van der Waals surface area contributed by atoms with Crippen molar-refractivity contribution in [2.45, 2.75) is 20.8 Å². The number of nitro groups is 1. The molecule has 0 radical (unpaired) electrons. The molecule has 9 heteroatoms. The van der Waals surface area contributed by atoms with Gasteiger partial charge in [-0.3, -0.25) is 20.3 Å². The molecule has 0 saturated heterocycles. The molecule has 0 bridgehead atoms. The van der Waals surface area contributed by atoms with Crippen LogP contribution in [0.3, 0.4) is 0 Å². The summed E-state index contributed by atoms with van der Waals surface area (Å²) in [6.07, 6.45) is -0.797. The van der Waals surface area contributed by atoms with Gasteiger partial charge in [0, 0.05) is 22.2 Å². The van der Waals surface area contributed by atoms with E-state index in [1.54, 1.807) is 36.4 Å². The molecule has 0 spiro atoms. The van der Waals surface area contributed by atoms with Crippen LogP contribution in [0, 0.1) is 15.5 Å². The fourth-order valence-electron chi connectivity index (χ4n) is 2.06. The van der Waals surface area contributed by atoms with Crippen LogP contribution in [0.25, 0.3) is 0 Å². The average Bonchev–Trinajstić information content (AvgIpc) is 2.60. The van der Waals surface area contributed by atoms with Crippen LogP contribution < -0.4 is 10.1 Å². The molecule has 2 aromatic rings. The van der Waals surface area contributed by atoms with Gasteiger partial charge in [-0.25, -0.2) is 4.79 Å². The number of carbonyl (C=O) groups excluding carboxylic acids is 1. The van der Waals surface area contributed by atoms with Crippen LogP contribution in [0.5, 0.6) is 5.75 Å². The molecular weight excluding hydrogens is 386 g/mol. The van der Waals surface area contributed by atoms with Gasteiger partial charge in [-0.2, -0.15) is 0 Å². The van der Waals surface area contributed by atoms with Crippen molar-refractivity contribution < 1.29 is 19.3 Å². The number of anilines is 1. The number of nitrogens with zero attached hydrogens (tertiary/aromatic N) is 2. The van der Waals surface area contributed by atoms with E-state index in [1.807, 2.05) is 20.8 Å². The quantitative estimate of drug-likeness (QED) is 0.305. The van der Waals surface area contributed by atoms with Crippen LogP contribution in [0.15, 0.2) is 53.7 Å². The second-order valence-electron chi connectivity index (χ2n) is 6.82. The summed E-state index contributed by atoms with van der Waals surface area (Å²) in [6.45, 7) is 5.48. The van der Waals surface area contributed by atoms with Gasteiger partial charge in [-0.15, -0.1) is 0 Å². The highest BCUT2D eigenvalue weighted by Crippen LogP contribution is 2.27. The van der Waals surface area contributed by atoms with E-state index in [1.165, 1.54) is 12.1 Å². The van der Waals surface area contributed by atoms with Crippen molar-refractivity contribution in [2.75, 3.05) is 11.9 Å². The van der Waals surface area contributed by atoms with E-state index < -0.39 is 16.4 Å². The Morgan fingerprint density at radius 1 is 1.21 bits per heavy atom. The molecule has 0 aliphatic heterocycles. The van der Waals surface area contributed by atoms with Crippen molar-refractivity contribution in [1.82, 2.24) is 0 Å². The van der Waals surface area contributed by atoms with Gasteiger partial charge in [0.2, 0.25) is 0 Å². The fraction of sp³-hybridized carbons (Fsp3) is 0.263. The zero-order chi connectivity index (χ0) is 20.7. The van der Waals surface area contributed by atoms with Crippen LogP contribution in [-0.4, -0.2) is 23.3 Å². The van der Waals surface area contributed by atoms with Crippen molar-refractivity contribution >= 4 is 34.8 Å². The number of ether oxygens (including phenoxy) is 1. The molecule has 0 saturated carbocycles. The van der Waals surface area contributed by atoms with E-state index in [0.29, 0.717) is 16.4 Å². The Hall–Kier alpha value is -3.13. The summed E-state index contributed by atoms with van der Waals surface area (Å²) < 4.78 is 5.55. The number of nitro benzene ring substituents is 1. The van der Waals surface area contributed by atoms with Crippen molar-refractivity contribution in [3.05, 3.63) is 63.7 Å². The predicted octanol–water partition coefficient (Wildman–Crippen LogP) is 5.28. The molecule has 0 aliphatic carbocycles. The average molecular weight is 406 g/mol. The van der Waals surface area contributed by atoms with Gasteiger partial charge < -0.3 is 4.74 Å². The molecule has 1 N–H and O–H groups in total. The number of oxime groups is 1. The molecule has 0 aliphatic rings. The first-order valence-corrected chi connectivity index (χ1v) is 8.72. The third-order valence-electron chi connectivity index (χ3n) is 3.60. The lowest BCUT2D eigenvalue weighted by atomic mass is 9.90. The number of nitrogens with one attached hydrogen (secondary N) is 1. The Morgan fingerprint density at radius 3 is 2.57 bits per heavy atom. The van der Waals surface area contributed by atoms with Gasteiger partial charge in [0.1, 0.15) is 12.3 Å². The minimum atomic E-state index is -0.797. The Balaban J connectivity index is 2.07. The van der Waals surface area contributed by atoms with Gasteiger partial charge in [0.05, 0.1) is 4.92 Å². The highest BCUT2D eigenvalue weighted by Gasteiger charge is 2.23. The monoisotopic (exact) mass is 405 g/mol. The Kier molecular flexibility index (Phi) is 6.94. The van der Waals surface area contributed by atoms with E-state index >= 15 is 0 Å². The Morgan fingerprint density at radius 2 is 1.93 bits per heavy atom. The van der Waals surface area contributed by atoms with Gasteiger partial charge >= 0.3 is 11.8 Å². The van der Waals surface area contributed by atoms with Crippen LogP contribution in [0.4, 0.5) is 16.2 Å². The molecule has 8 nitrogen and oxygen atoms in total. The topological polar surface area (TPSA) is 103 Å². The number of carbonyl (C=O) groups is 1. The zero-order valence-electron chi connectivity index (χ0n) is 15.6. The summed E-state index contributed by atoms with van der Waals surface area (Å²) in [5, 5.41) is 17.9. The van der Waals surface area contributed by atoms with E-state index in [9.17, 15) is 14.9 Å². The lowest BCUT2D eigenvalue weighted by molar-refractivity contribution is -0.385. The third kappa shape index (κ3) is 6.24. The third-order valence-corrected chi connectivity index (χ3v) is 3.84. The van der Waals surface area contributed by atoms with Crippen molar-refractivity contribution in [1.29, 1.82) is 0 Å². The number of benzene rings is 2. The fourth-order valence-corrected chi connectivity index (χ4v) is 2.25. The second kappa shape index (κ2) is 9.18. The molecule has 2 aromatic carbocycles. The van der Waals surface area contributed by atoms with Gasteiger partial charge in [0.15, 0.2) is 5.75 Å². The molecule has 0 heterocycles. The van der Waals surface area contributed by atoms with E-state index in [4.69, 9.17) is 21.2 Å². The lowest BCUT2D eigenvalue weighted by Gasteiger charge is -2.20. The molecule has 0 atom stereocenters. The Labute approximate surface area is 167 Å². The molecule has 148 valence electrons. The smallest absolute Gasteiger partial charge is 0.437 e. The maximum Gasteiger partial charge on any atom is 0.437 e. The van der Waals surface area contributed by atoms with Crippen LogP contribution >= 0.6 is 11.6 Å². The number of hydrogen-bond acceptors (Lipinski definition) is 6. The lowest BCUT2D eigenvalue weighted by Crippen LogP contribution is -2.28. The van der Waals surface area contributed by atoms with Crippen LogP contribution in [0.1, 0.15) is 20.8 Å². The summed E-state index contributed by atoms with van der Waals surface area (Å²) in [7, 11) is 0. The van der Waals surface area contributed by atoms with E-state index in [0.717, 1.165) is 0 Å². The van der Waals surface area contributed by atoms with Crippen molar-refractivity contribution in [3.63, 3.8) is 0 Å². The largest absolute Gasteiger partial charge is 0.480 e. The maximum atomic E-state index is 12.0. The summed E-state index contributed by atoms with van der Waals surface area (Å²) in [4.78, 5) is 27.4. The zero-order valence-corrected chi connectivity index (χ0v) is 16.4. The van der Waals surface area contributed by atoms with Gasteiger partial charge in [0.25, 0.3) is 0 Å². The van der Waals surface area contributed by atoms with Crippen LogP contribution in [0.2, 0.25) is 5.02 Å². The molecule has 0 aromatic heterocycles. The van der Waals surface area contributed by atoms with Gasteiger partial charge in [-0.05, 0) is 24.3 Å². The number of para-hydroxylation sites is 2. The SMILES string of the molecule is CC(C)(C)C(COc1ccccc1[N+](=O)[O-])=NOC(=O)Nc1cccc(Cl)c1. The number of amides is 1. The number of halogens is 1. The summed E-state index contributed by atoms with van der Waals surface area (Å²) in [6, 6.07) is 12.6. The molecule has 0 unspecified atom stereocenters. The highest BCUT2D eigenvalue weighted by molar-refractivity contribution is 6.30. The van der Waals surface area contributed by atoms with Crippen molar-refractivity contribution in [3.8, 4) is 5.75 Å². The first kappa shape index (κ1) is 21.2. The summed E-state index contributed by atoms with van der Waals surface area (Å²) in [5.74, 6) is 0.104. The normalized spacial score (nSPS) is 11.6. The number of hydrogen-bond donors (Lipinski definition) is 1. The van der Waals surface area contributed by atoms with Crippen molar-refractivity contribution in [2.24, 2.45) is 10.6 Å². The highest BCUT2D eigenvalue weighted by atomic mass is 35.5. The first-order valence-electron chi connectivity index (χ1n) is 8.34. The predicted molar refractivity (Wildman–Crippen MR) is 107 cm³/mol. The minimum Gasteiger partial charge on any atom is -0.480 e. The summed E-state index contributed by atoms with van der Waals surface area (Å²) in [5.41, 5.74) is 0.198. The van der Waals surface area contributed by atoms with E-state index in [-0.39, 0.29) is 18.0 Å².